The second-order valence-electron chi connectivity index (χ2n) is 4.45. The lowest BCUT2D eigenvalue weighted by molar-refractivity contribution is -0.117. The number of carbonyl (C=O) groups excluding carboxylic acids is 1. The number of hydrogen-bond acceptors (Lipinski definition) is 7. The van der Waals surface area contributed by atoms with Crippen LogP contribution in [-0.2, 0) is 30.8 Å². The Hall–Kier alpha value is -1.87. The van der Waals surface area contributed by atoms with E-state index in [4.69, 9.17) is 0 Å². The summed E-state index contributed by atoms with van der Waals surface area (Å²) < 4.78 is 1.52. The first-order valence-electron chi connectivity index (χ1n) is 6.82. The minimum atomic E-state index is -0.236. The topological polar surface area (TPSA) is 106 Å². The number of nitrogens with zero attached hydrogens (tertiary/aromatic N) is 5. The highest BCUT2D eigenvalue weighted by molar-refractivity contribution is 7.15. The number of amides is 1. The summed E-state index contributed by atoms with van der Waals surface area (Å²) in [6.07, 6.45) is 2.39. The number of nitrogens with one attached hydrogen (secondary N) is 1. The fraction of sp³-hybridized carbons (Fsp3) is 0.583. The van der Waals surface area contributed by atoms with E-state index < -0.39 is 0 Å². The molecule has 2 aromatic heterocycles. The van der Waals surface area contributed by atoms with Crippen molar-refractivity contribution in [2.45, 2.75) is 46.3 Å². The molecule has 2 aromatic rings. The van der Waals surface area contributed by atoms with Crippen molar-refractivity contribution in [3.05, 3.63) is 16.4 Å². The van der Waals surface area contributed by atoms with E-state index in [0.717, 1.165) is 30.0 Å². The molecule has 1 amide bonds. The molecule has 2 heterocycles. The van der Waals surface area contributed by atoms with Crippen molar-refractivity contribution < 1.29 is 9.90 Å². The third-order valence-corrected chi connectivity index (χ3v) is 3.85. The summed E-state index contributed by atoms with van der Waals surface area (Å²) in [6.45, 7) is 3.87. The highest BCUT2D eigenvalue weighted by Crippen LogP contribution is 2.15. The molecule has 0 aliphatic rings. The molecule has 0 bridgehead atoms. The van der Waals surface area contributed by atoms with Crippen LogP contribution in [0, 0.1) is 0 Å². The van der Waals surface area contributed by atoms with Crippen LogP contribution in [0.4, 0.5) is 5.13 Å². The van der Waals surface area contributed by atoms with E-state index in [0.29, 0.717) is 10.8 Å². The van der Waals surface area contributed by atoms with E-state index in [9.17, 15) is 9.90 Å². The standard InChI is InChI=1S/C12H18N6O2S/c1-3-5-9-8(7-19)14-17-18(9)6-10(20)13-12-16-15-11(4-2)21-12/h19H,3-7H2,1-2H3,(H,13,16,20). The molecule has 114 valence electrons. The Morgan fingerprint density at radius 2 is 2.14 bits per heavy atom. The molecule has 9 heteroatoms. The predicted octanol–water partition coefficient (Wildman–Crippen LogP) is 0.775. The lowest BCUT2D eigenvalue weighted by Crippen LogP contribution is -2.21. The van der Waals surface area contributed by atoms with Gasteiger partial charge in [-0.05, 0) is 12.8 Å². The zero-order valence-corrected chi connectivity index (χ0v) is 12.9. The summed E-state index contributed by atoms with van der Waals surface area (Å²) in [6, 6.07) is 0. The van der Waals surface area contributed by atoms with Gasteiger partial charge in [0.25, 0.3) is 0 Å². The molecule has 2 rings (SSSR count). The predicted molar refractivity (Wildman–Crippen MR) is 77.9 cm³/mol. The van der Waals surface area contributed by atoms with Crippen molar-refractivity contribution >= 4 is 22.4 Å². The molecule has 0 aliphatic heterocycles. The molecule has 0 unspecified atom stereocenters. The lowest BCUT2D eigenvalue weighted by atomic mass is 10.2. The third-order valence-electron chi connectivity index (χ3n) is 2.86. The molecule has 0 spiro atoms. The van der Waals surface area contributed by atoms with E-state index in [1.807, 2.05) is 13.8 Å². The molecule has 21 heavy (non-hydrogen) atoms. The van der Waals surface area contributed by atoms with E-state index in [2.05, 4.69) is 25.8 Å². The zero-order chi connectivity index (χ0) is 15.2. The largest absolute Gasteiger partial charge is 0.390 e. The van der Waals surface area contributed by atoms with Gasteiger partial charge in [0, 0.05) is 0 Å². The molecule has 0 radical (unpaired) electrons. The number of aromatic nitrogens is 5. The van der Waals surface area contributed by atoms with Gasteiger partial charge in [0.05, 0.1) is 12.3 Å². The van der Waals surface area contributed by atoms with Crippen LogP contribution in [0.1, 0.15) is 36.7 Å². The molecule has 0 atom stereocenters. The molecular weight excluding hydrogens is 292 g/mol. The van der Waals surface area contributed by atoms with E-state index in [1.165, 1.54) is 16.0 Å². The highest BCUT2D eigenvalue weighted by atomic mass is 32.1. The number of aliphatic hydroxyl groups excluding tert-OH is 1. The SMILES string of the molecule is CCCc1c(CO)nnn1CC(=O)Nc1nnc(CC)s1. The Morgan fingerprint density at radius 3 is 2.76 bits per heavy atom. The summed E-state index contributed by atoms with van der Waals surface area (Å²) in [5.41, 5.74) is 1.32. The van der Waals surface area contributed by atoms with Crippen molar-refractivity contribution in [1.29, 1.82) is 0 Å². The Labute approximate surface area is 126 Å². The normalized spacial score (nSPS) is 10.8. The Morgan fingerprint density at radius 1 is 1.33 bits per heavy atom. The van der Waals surface area contributed by atoms with Gasteiger partial charge >= 0.3 is 0 Å². The molecule has 0 aliphatic carbocycles. The number of aliphatic hydroxyl groups is 1. The molecule has 0 fully saturated rings. The third kappa shape index (κ3) is 3.82. The van der Waals surface area contributed by atoms with Crippen LogP contribution in [0.2, 0.25) is 0 Å². The van der Waals surface area contributed by atoms with Crippen molar-refractivity contribution in [3.63, 3.8) is 0 Å². The summed E-state index contributed by atoms with van der Waals surface area (Å²) in [7, 11) is 0. The summed E-state index contributed by atoms with van der Waals surface area (Å²) >= 11 is 1.36. The van der Waals surface area contributed by atoms with Gasteiger partial charge in [0.1, 0.15) is 17.2 Å². The van der Waals surface area contributed by atoms with Gasteiger partial charge in [-0.2, -0.15) is 0 Å². The minimum absolute atomic E-state index is 0.0450. The first-order chi connectivity index (χ1) is 10.2. The Bertz CT molecular complexity index is 609. The van der Waals surface area contributed by atoms with Gasteiger partial charge in [0.2, 0.25) is 11.0 Å². The van der Waals surface area contributed by atoms with Crippen LogP contribution in [0.5, 0.6) is 0 Å². The van der Waals surface area contributed by atoms with Crippen LogP contribution in [0.25, 0.3) is 0 Å². The van der Waals surface area contributed by atoms with Crippen molar-refractivity contribution in [2.75, 3.05) is 5.32 Å². The summed E-state index contributed by atoms with van der Waals surface area (Å²) in [4.78, 5) is 12.0. The second-order valence-corrected chi connectivity index (χ2v) is 5.51. The number of aryl methyl sites for hydroxylation is 1. The van der Waals surface area contributed by atoms with E-state index in [1.54, 1.807) is 0 Å². The van der Waals surface area contributed by atoms with Gasteiger partial charge < -0.3 is 5.11 Å². The first kappa shape index (κ1) is 15.5. The van der Waals surface area contributed by atoms with Crippen LogP contribution < -0.4 is 5.32 Å². The monoisotopic (exact) mass is 310 g/mol. The van der Waals surface area contributed by atoms with Crippen LogP contribution >= 0.6 is 11.3 Å². The van der Waals surface area contributed by atoms with Crippen LogP contribution in [0.3, 0.4) is 0 Å². The van der Waals surface area contributed by atoms with Crippen molar-refractivity contribution in [3.8, 4) is 0 Å². The molecule has 2 N–H and O–H groups in total. The number of hydrogen-bond donors (Lipinski definition) is 2. The van der Waals surface area contributed by atoms with Gasteiger partial charge in [0.15, 0.2) is 0 Å². The smallest absolute Gasteiger partial charge is 0.248 e. The second kappa shape index (κ2) is 7.23. The molecule has 0 saturated heterocycles. The molecule has 0 aromatic carbocycles. The first-order valence-corrected chi connectivity index (χ1v) is 7.63. The Kier molecular flexibility index (Phi) is 5.34. The average molecular weight is 310 g/mol. The average Bonchev–Trinajstić information content (AvgIpc) is 3.07. The maximum Gasteiger partial charge on any atom is 0.248 e. The zero-order valence-electron chi connectivity index (χ0n) is 12.0. The molecule has 0 saturated carbocycles. The fourth-order valence-corrected chi connectivity index (χ4v) is 2.57. The van der Waals surface area contributed by atoms with Gasteiger partial charge in [-0.15, -0.1) is 15.3 Å². The van der Waals surface area contributed by atoms with E-state index >= 15 is 0 Å². The van der Waals surface area contributed by atoms with E-state index in [-0.39, 0.29) is 19.1 Å². The van der Waals surface area contributed by atoms with Crippen LogP contribution in [-0.4, -0.2) is 36.2 Å². The maximum absolute atomic E-state index is 12.0. The molecular formula is C12H18N6O2S. The van der Waals surface area contributed by atoms with Gasteiger partial charge in [-0.1, -0.05) is 36.8 Å². The van der Waals surface area contributed by atoms with Crippen molar-refractivity contribution in [2.24, 2.45) is 0 Å². The number of anilines is 1. The number of carbonyl (C=O) groups is 1. The van der Waals surface area contributed by atoms with Gasteiger partial charge in [-0.3, -0.25) is 10.1 Å². The summed E-state index contributed by atoms with van der Waals surface area (Å²) in [5.74, 6) is -0.236. The fourth-order valence-electron chi connectivity index (χ4n) is 1.87. The van der Waals surface area contributed by atoms with Crippen LogP contribution in [0.15, 0.2) is 0 Å². The van der Waals surface area contributed by atoms with Gasteiger partial charge in [-0.25, -0.2) is 4.68 Å². The maximum atomic E-state index is 12.0. The lowest BCUT2D eigenvalue weighted by Gasteiger charge is -2.06. The molecule has 8 nitrogen and oxygen atoms in total. The van der Waals surface area contributed by atoms with Crippen molar-refractivity contribution in [1.82, 2.24) is 25.2 Å². The highest BCUT2D eigenvalue weighted by Gasteiger charge is 2.15. The Balaban J connectivity index is 2.03. The number of rotatable bonds is 7. The minimum Gasteiger partial charge on any atom is -0.390 e. The summed E-state index contributed by atoms with van der Waals surface area (Å²) in [5, 5.41) is 28.9. The quantitative estimate of drug-likeness (QED) is 0.782.